The van der Waals surface area contributed by atoms with E-state index >= 15 is 0 Å². The predicted octanol–water partition coefficient (Wildman–Crippen LogP) is 3.74. The van der Waals surface area contributed by atoms with Crippen LogP contribution in [0.3, 0.4) is 0 Å². The molecular formula is C21H26N2O3S. The number of hydrogen-bond acceptors (Lipinski definition) is 3. The van der Waals surface area contributed by atoms with Crippen LogP contribution in [0, 0.1) is 5.92 Å². The summed E-state index contributed by atoms with van der Waals surface area (Å²) in [5.41, 5.74) is 2.09. The van der Waals surface area contributed by atoms with Gasteiger partial charge in [0, 0.05) is 12.1 Å². The fourth-order valence-corrected chi connectivity index (χ4v) is 4.96. The van der Waals surface area contributed by atoms with Crippen LogP contribution in [0.25, 0.3) is 0 Å². The van der Waals surface area contributed by atoms with E-state index in [-0.39, 0.29) is 17.7 Å². The minimum Gasteiger partial charge on any atom is -0.345 e. The van der Waals surface area contributed by atoms with Crippen molar-refractivity contribution in [2.45, 2.75) is 32.7 Å². The van der Waals surface area contributed by atoms with E-state index in [2.05, 4.69) is 19.2 Å². The van der Waals surface area contributed by atoms with Gasteiger partial charge in [-0.3, -0.25) is 9.10 Å². The zero-order valence-electron chi connectivity index (χ0n) is 15.8. The molecule has 0 aliphatic carbocycles. The maximum atomic E-state index is 12.9. The van der Waals surface area contributed by atoms with E-state index in [0.29, 0.717) is 30.1 Å². The fraction of sp³-hybridized carbons (Fsp3) is 0.381. The molecule has 0 saturated carbocycles. The van der Waals surface area contributed by atoms with E-state index in [4.69, 9.17) is 0 Å². The molecule has 0 spiro atoms. The summed E-state index contributed by atoms with van der Waals surface area (Å²) in [6.07, 6.45) is 1.44. The second-order valence-electron chi connectivity index (χ2n) is 7.36. The Kier molecular flexibility index (Phi) is 5.85. The fourth-order valence-electron chi connectivity index (χ4n) is 3.41. The van der Waals surface area contributed by atoms with Gasteiger partial charge in [0.25, 0.3) is 5.91 Å². The highest BCUT2D eigenvalue weighted by Gasteiger charge is 2.29. The summed E-state index contributed by atoms with van der Waals surface area (Å²) in [5.74, 6) is 0.396. The molecular weight excluding hydrogens is 360 g/mol. The van der Waals surface area contributed by atoms with Crippen molar-refractivity contribution >= 4 is 21.6 Å². The third-order valence-corrected chi connectivity index (χ3v) is 6.58. The summed E-state index contributed by atoms with van der Waals surface area (Å²) < 4.78 is 25.7. The molecule has 1 saturated heterocycles. The molecule has 0 bridgehead atoms. The Bertz CT molecular complexity index is 895. The van der Waals surface area contributed by atoms with Crippen molar-refractivity contribution in [2.75, 3.05) is 16.6 Å². The molecule has 6 heteroatoms. The van der Waals surface area contributed by atoms with E-state index in [1.807, 2.05) is 30.3 Å². The maximum Gasteiger partial charge on any atom is 0.251 e. The predicted molar refractivity (Wildman–Crippen MR) is 108 cm³/mol. The highest BCUT2D eigenvalue weighted by molar-refractivity contribution is 7.93. The number of amides is 1. The molecule has 2 aromatic carbocycles. The maximum absolute atomic E-state index is 12.9. The Morgan fingerprint density at radius 1 is 1.11 bits per heavy atom. The van der Waals surface area contributed by atoms with Crippen LogP contribution in [0.2, 0.25) is 0 Å². The molecule has 0 aromatic heterocycles. The second-order valence-corrected chi connectivity index (χ2v) is 9.37. The summed E-state index contributed by atoms with van der Waals surface area (Å²) in [6.45, 7) is 4.72. The average molecular weight is 387 g/mol. The van der Waals surface area contributed by atoms with Gasteiger partial charge in [0.1, 0.15) is 0 Å². The summed E-state index contributed by atoms with van der Waals surface area (Å²) in [4.78, 5) is 12.9. The molecule has 1 heterocycles. The molecule has 1 aliphatic rings. The van der Waals surface area contributed by atoms with Crippen molar-refractivity contribution in [1.29, 1.82) is 0 Å². The molecule has 1 N–H and O–H groups in total. The van der Waals surface area contributed by atoms with E-state index in [1.54, 1.807) is 24.3 Å². The number of nitrogens with one attached hydrogen (secondary N) is 1. The first kappa shape index (κ1) is 19.4. The van der Waals surface area contributed by atoms with Gasteiger partial charge < -0.3 is 5.32 Å². The number of rotatable bonds is 6. The Hall–Kier alpha value is -2.34. The van der Waals surface area contributed by atoms with Crippen LogP contribution in [-0.4, -0.2) is 26.6 Å². The second kappa shape index (κ2) is 8.13. The van der Waals surface area contributed by atoms with Gasteiger partial charge >= 0.3 is 0 Å². The third kappa shape index (κ3) is 4.69. The van der Waals surface area contributed by atoms with Crippen molar-refractivity contribution < 1.29 is 13.2 Å². The molecule has 27 heavy (non-hydrogen) atoms. The Morgan fingerprint density at radius 3 is 2.48 bits per heavy atom. The van der Waals surface area contributed by atoms with Crippen molar-refractivity contribution in [2.24, 2.45) is 5.92 Å². The van der Waals surface area contributed by atoms with Crippen LogP contribution in [0.15, 0.2) is 54.6 Å². The van der Waals surface area contributed by atoms with E-state index in [1.165, 1.54) is 4.31 Å². The zero-order valence-corrected chi connectivity index (χ0v) is 16.6. The topological polar surface area (TPSA) is 66.5 Å². The number of carbonyl (C=O) groups is 1. The lowest BCUT2D eigenvalue weighted by Crippen LogP contribution is -2.30. The summed E-state index contributed by atoms with van der Waals surface area (Å²) in [7, 11) is -3.26. The lowest BCUT2D eigenvalue weighted by molar-refractivity contribution is 0.0932. The Morgan fingerprint density at radius 2 is 1.85 bits per heavy atom. The van der Waals surface area contributed by atoms with Gasteiger partial charge in [0.05, 0.1) is 17.5 Å². The van der Waals surface area contributed by atoms with Crippen molar-refractivity contribution in [3.63, 3.8) is 0 Å². The largest absolute Gasteiger partial charge is 0.345 e. The normalized spacial score (nSPS) is 17.1. The van der Waals surface area contributed by atoms with E-state index in [0.717, 1.165) is 12.0 Å². The Labute approximate surface area is 161 Å². The quantitative estimate of drug-likeness (QED) is 0.822. The van der Waals surface area contributed by atoms with Gasteiger partial charge in [0.15, 0.2) is 0 Å². The van der Waals surface area contributed by atoms with Crippen LogP contribution in [0.5, 0.6) is 0 Å². The minimum absolute atomic E-state index is 0.0853. The number of anilines is 1. The number of nitrogens with zero attached hydrogens (tertiary/aromatic N) is 1. The van der Waals surface area contributed by atoms with Gasteiger partial charge in [-0.25, -0.2) is 8.42 Å². The number of sulfonamides is 1. The number of carbonyl (C=O) groups excluding carboxylic acids is 1. The first-order chi connectivity index (χ1) is 12.9. The zero-order chi connectivity index (χ0) is 19.4. The highest BCUT2D eigenvalue weighted by Crippen LogP contribution is 2.26. The first-order valence-corrected chi connectivity index (χ1v) is 10.9. The van der Waals surface area contributed by atoms with Gasteiger partial charge in [-0.1, -0.05) is 50.2 Å². The van der Waals surface area contributed by atoms with Gasteiger partial charge in [-0.05, 0) is 42.5 Å². The molecule has 1 fully saturated rings. The molecule has 3 rings (SSSR count). The Balaban J connectivity index is 1.81. The first-order valence-electron chi connectivity index (χ1n) is 9.33. The summed E-state index contributed by atoms with van der Waals surface area (Å²) in [6, 6.07) is 16.7. The molecule has 144 valence electrons. The van der Waals surface area contributed by atoms with Gasteiger partial charge in [-0.15, -0.1) is 0 Å². The van der Waals surface area contributed by atoms with Crippen LogP contribution in [0.1, 0.15) is 48.7 Å². The van der Waals surface area contributed by atoms with Crippen molar-refractivity contribution in [3.05, 3.63) is 65.7 Å². The summed E-state index contributed by atoms with van der Waals surface area (Å²) in [5, 5.41) is 3.11. The van der Waals surface area contributed by atoms with E-state index in [9.17, 15) is 13.2 Å². The van der Waals surface area contributed by atoms with Gasteiger partial charge in [-0.2, -0.15) is 0 Å². The van der Waals surface area contributed by atoms with Crippen LogP contribution >= 0.6 is 0 Å². The van der Waals surface area contributed by atoms with Crippen molar-refractivity contribution in [3.8, 4) is 0 Å². The monoisotopic (exact) mass is 386 g/mol. The highest BCUT2D eigenvalue weighted by atomic mass is 32.2. The molecule has 1 aliphatic heterocycles. The van der Waals surface area contributed by atoms with Crippen LogP contribution < -0.4 is 9.62 Å². The minimum atomic E-state index is -3.26. The molecule has 0 unspecified atom stereocenters. The molecule has 1 amide bonds. The SMILES string of the molecule is CC(C)C[C@H](NC(=O)c1cccc(N2CCCS2(=O)=O)c1)c1ccccc1. The number of benzene rings is 2. The summed E-state index contributed by atoms with van der Waals surface area (Å²) >= 11 is 0. The third-order valence-electron chi connectivity index (χ3n) is 4.71. The van der Waals surface area contributed by atoms with Gasteiger partial charge in [0.2, 0.25) is 10.0 Å². The van der Waals surface area contributed by atoms with Crippen LogP contribution in [0.4, 0.5) is 5.69 Å². The molecule has 2 aromatic rings. The van der Waals surface area contributed by atoms with Crippen LogP contribution in [-0.2, 0) is 10.0 Å². The average Bonchev–Trinajstić information content (AvgIpc) is 3.00. The van der Waals surface area contributed by atoms with E-state index < -0.39 is 10.0 Å². The molecule has 5 nitrogen and oxygen atoms in total. The van der Waals surface area contributed by atoms with Crippen molar-refractivity contribution in [1.82, 2.24) is 5.32 Å². The molecule has 1 atom stereocenters. The lowest BCUT2D eigenvalue weighted by Gasteiger charge is -2.22. The number of hydrogen-bond donors (Lipinski definition) is 1. The standard InChI is InChI=1S/C21H26N2O3S/c1-16(2)14-20(17-8-4-3-5-9-17)22-21(24)18-10-6-11-19(15-18)23-12-7-13-27(23,25)26/h3-6,8-11,15-16,20H,7,12-14H2,1-2H3,(H,22,24)/t20-/m0/s1. The molecule has 0 radical (unpaired) electrons. The smallest absolute Gasteiger partial charge is 0.251 e. The lowest BCUT2D eigenvalue weighted by atomic mass is 9.96.